The van der Waals surface area contributed by atoms with Crippen LogP contribution in [-0.2, 0) is 19.6 Å². The summed E-state index contributed by atoms with van der Waals surface area (Å²) in [4.78, 5) is 16.7. The number of anilines is 1. The van der Waals surface area contributed by atoms with Crippen molar-refractivity contribution in [1.29, 1.82) is 0 Å². The van der Waals surface area contributed by atoms with Gasteiger partial charge in [0.05, 0.1) is 24.2 Å². The highest BCUT2D eigenvalue weighted by Gasteiger charge is 2.33. The molecular formula is C21H27N3O4S2. The Bertz CT molecular complexity index is 972. The van der Waals surface area contributed by atoms with E-state index in [9.17, 15) is 13.2 Å². The van der Waals surface area contributed by atoms with Gasteiger partial charge in [-0.25, -0.2) is 8.42 Å². The monoisotopic (exact) mass is 449 g/mol. The Labute approximate surface area is 181 Å². The lowest BCUT2D eigenvalue weighted by Gasteiger charge is -2.29. The van der Waals surface area contributed by atoms with Gasteiger partial charge in [-0.15, -0.1) is 11.3 Å². The molecule has 2 fully saturated rings. The second-order valence-electron chi connectivity index (χ2n) is 7.62. The summed E-state index contributed by atoms with van der Waals surface area (Å²) >= 11 is 1.72. The van der Waals surface area contributed by atoms with Crippen LogP contribution in [0.15, 0.2) is 46.7 Å². The van der Waals surface area contributed by atoms with Crippen LogP contribution in [0.5, 0.6) is 0 Å². The van der Waals surface area contributed by atoms with E-state index in [1.807, 2.05) is 13.0 Å². The molecule has 2 aliphatic rings. The fourth-order valence-corrected chi connectivity index (χ4v) is 6.44. The number of hydrogen-bond donors (Lipinski definition) is 1. The number of carbonyl (C=O) groups is 1. The number of benzene rings is 1. The number of nitrogens with one attached hydrogen (secondary N) is 1. The number of nitrogens with zero attached hydrogens (tertiary/aromatic N) is 2. The van der Waals surface area contributed by atoms with E-state index >= 15 is 0 Å². The van der Waals surface area contributed by atoms with Crippen molar-refractivity contribution in [3.63, 3.8) is 0 Å². The molecule has 0 unspecified atom stereocenters. The quantitative estimate of drug-likeness (QED) is 0.734. The molecule has 0 spiro atoms. The predicted molar refractivity (Wildman–Crippen MR) is 117 cm³/mol. The van der Waals surface area contributed by atoms with Crippen molar-refractivity contribution in [2.24, 2.45) is 0 Å². The van der Waals surface area contributed by atoms with Crippen LogP contribution in [0.2, 0.25) is 0 Å². The van der Waals surface area contributed by atoms with Crippen LogP contribution >= 0.6 is 11.3 Å². The molecule has 2 aliphatic heterocycles. The zero-order valence-electron chi connectivity index (χ0n) is 17.0. The molecule has 2 atom stereocenters. The van der Waals surface area contributed by atoms with E-state index in [1.54, 1.807) is 29.5 Å². The Kier molecular flexibility index (Phi) is 6.54. The molecular weight excluding hydrogens is 422 g/mol. The van der Waals surface area contributed by atoms with Gasteiger partial charge in [-0.05, 0) is 56.0 Å². The molecule has 30 heavy (non-hydrogen) atoms. The minimum Gasteiger partial charge on any atom is -0.379 e. The van der Waals surface area contributed by atoms with Crippen molar-refractivity contribution < 1.29 is 17.9 Å². The Balaban J connectivity index is 1.46. The summed E-state index contributed by atoms with van der Waals surface area (Å²) in [6.07, 6.45) is 2.11. The normalized spacial score (nSPS) is 22.1. The molecule has 3 heterocycles. The standard InChI is InChI=1S/C21H27N3O4S2/c1-16(24-9-3-7-19(24)20-8-4-14-29-20)21(25)22-17-5-2-6-18(15-17)30(26,27)23-10-12-28-13-11-23/h2,4-6,8,14-16,19H,3,7,9-13H2,1H3,(H,22,25)/t16-,19+/m0/s1. The number of ether oxygens (including phenoxy) is 1. The second-order valence-corrected chi connectivity index (χ2v) is 10.5. The average molecular weight is 450 g/mol. The average Bonchev–Trinajstić information content (AvgIpc) is 3.45. The molecule has 0 bridgehead atoms. The lowest BCUT2D eigenvalue weighted by atomic mass is 10.1. The molecule has 0 radical (unpaired) electrons. The van der Waals surface area contributed by atoms with Crippen molar-refractivity contribution in [3.8, 4) is 0 Å². The molecule has 2 aromatic rings. The van der Waals surface area contributed by atoms with Gasteiger partial charge in [0.15, 0.2) is 0 Å². The van der Waals surface area contributed by atoms with E-state index in [0.717, 1.165) is 19.4 Å². The Morgan fingerprint density at radius 1 is 1.20 bits per heavy atom. The van der Waals surface area contributed by atoms with Crippen LogP contribution < -0.4 is 5.32 Å². The summed E-state index contributed by atoms with van der Waals surface area (Å²) in [6, 6.07) is 10.6. The first kappa shape index (κ1) is 21.5. The van der Waals surface area contributed by atoms with E-state index in [1.165, 1.54) is 15.2 Å². The van der Waals surface area contributed by atoms with Crippen molar-refractivity contribution in [2.45, 2.75) is 36.7 Å². The zero-order valence-corrected chi connectivity index (χ0v) is 18.6. The number of hydrogen-bond acceptors (Lipinski definition) is 6. The summed E-state index contributed by atoms with van der Waals surface area (Å²) in [5.41, 5.74) is 0.494. The Morgan fingerprint density at radius 2 is 2.00 bits per heavy atom. The van der Waals surface area contributed by atoms with Crippen LogP contribution in [0.25, 0.3) is 0 Å². The number of sulfonamides is 1. The number of morpholine rings is 1. The third-order valence-corrected chi connectivity index (χ3v) is 8.62. The van der Waals surface area contributed by atoms with Crippen LogP contribution in [0.3, 0.4) is 0 Å². The van der Waals surface area contributed by atoms with Crippen molar-refractivity contribution in [1.82, 2.24) is 9.21 Å². The molecule has 1 aromatic heterocycles. The molecule has 7 nitrogen and oxygen atoms in total. The second kappa shape index (κ2) is 9.15. The van der Waals surface area contributed by atoms with Gasteiger partial charge in [-0.2, -0.15) is 4.31 Å². The molecule has 162 valence electrons. The van der Waals surface area contributed by atoms with Crippen molar-refractivity contribution >= 4 is 33.0 Å². The first-order valence-electron chi connectivity index (χ1n) is 10.2. The lowest BCUT2D eigenvalue weighted by molar-refractivity contribution is -0.121. The van der Waals surface area contributed by atoms with E-state index in [0.29, 0.717) is 32.0 Å². The maximum atomic E-state index is 13.0. The van der Waals surface area contributed by atoms with Crippen LogP contribution in [0, 0.1) is 0 Å². The first-order chi connectivity index (χ1) is 14.5. The molecule has 1 amide bonds. The SMILES string of the molecule is C[C@@H](C(=O)Nc1cccc(S(=O)(=O)N2CCOCC2)c1)N1CCC[C@@H]1c1cccs1. The summed E-state index contributed by atoms with van der Waals surface area (Å²) in [5.74, 6) is -0.126. The van der Waals surface area contributed by atoms with E-state index in [-0.39, 0.29) is 22.9 Å². The molecule has 0 aliphatic carbocycles. The molecule has 2 saturated heterocycles. The predicted octanol–water partition coefficient (Wildman–Crippen LogP) is 2.93. The highest BCUT2D eigenvalue weighted by atomic mass is 32.2. The maximum Gasteiger partial charge on any atom is 0.243 e. The van der Waals surface area contributed by atoms with Crippen LogP contribution in [0.1, 0.15) is 30.7 Å². The third-order valence-electron chi connectivity index (χ3n) is 5.75. The van der Waals surface area contributed by atoms with Gasteiger partial charge in [-0.3, -0.25) is 9.69 Å². The van der Waals surface area contributed by atoms with Gasteiger partial charge in [0.25, 0.3) is 0 Å². The summed E-state index contributed by atoms with van der Waals surface area (Å²) in [5, 5.41) is 4.98. The largest absolute Gasteiger partial charge is 0.379 e. The lowest BCUT2D eigenvalue weighted by Crippen LogP contribution is -2.41. The highest BCUT2D eigenvalue weighted by molar-refractivity contribution is 7.89. The minimum absolute atomic E-state index is 0.126. The van der Waals surface area contributed by atoms with Gasteiger partial charge in [0.2, 0.25) is 15.9 Å². The topological polar surface area (TPSA) is 79.0 Å². The van der Waals surface area contributed by atoms with Crippen molar-refractivity contribution in [2.75, 3.05) is 38.2 Å². The summed E-state index contributed by atoms with van der Waals surface area (Å²) in [6.45, 7) is 4.27. The summed E-state index contributed by atoms with van der Waals surface area (Å²) < 4.78 is 32.5. The summed E-state index contributed by atoms with van der Waals surface area (Å²) in [7, 11) is -3.60. The van der Waals surface area contributed by atoms with Gasteiger partial charge >= 0.3 is 0 Å². The maximum absolute atomic E-state index is 13.0. The van der Waals surface area contributed by atoms with E-state index in [4.69, 9.17) is 4.74 Å². The fourth-order valence-electron chi connectivity index (χ4n) is 4.11. The number of rotatable bonds is 6. The number of carbonyl (C=O) groups excluding carboxylic acids is 1. The van der Waals surface area contributed by atoms with E-state index in [2.05, 4.69) is 21.7 Å². The number of thiophene rings is 1. The fraction of sp³-hybridized carbons (Fsp3) is 0.476. The number of likely N-dealkylation sites (tertiary alicyclic amines) is 1. The first-order valence-corrected chi connectivity index (χ1v) is 12.6. The zero-order chi connectivity index (χ0) is 21.1. The minimum atomic E-state index is -3.60. The molecule has 4 rings (SSSR count). The molecule has 1 N–H and O–H groups in total. The Hall–Kier alpha value is -1.78. The van der Waals surface area contributed by atoms with Gasteiger partial charge < -0.3 is 10.1 Å². The third kappa shape index (κ3) is 4.45. The van der Waals surface area contributed by atoms with Gasteiger partial charge in [0, 0.05) is 29.7 Å². The molecule has 9 heteroatoms. The highest BCUT2D eigenvalue weighted by Crippen LogP contribution is 2.36. The Morgan fingerprint density at radius 3 is 2.73 bits per heavy atom. The van der Waals surface area contributed by atoms with Crippen LogP contribution in [-0.4, -0.2) is 62.4 Å². The van der Waals surface area contributed by atoms with Crippen molar-refractivity contribution in [3.05, 3.63) is 46.7 Å². The number of amides is 1. The molecule has 0 saturated carbocycles. The van der Waals surface area contributed by atoms with Gasteiger partial charge in [0.1, 0.15) is 0 Å². The van der Waals surface area contributed by atoms with Crippen LogP contribution in [0.4, 0.5) is 5.69 Å². The smallest absolute Gasteiger partial charge is 0.243 e. The molecule has 1 aromatic carbocycles. The van der Waals surface area contributed by atoms with Gasteiger partial charge in [-0.1, -0.05) is 12.1 Å². The van der Waals surface area contributed by atoms with E-state index < -0.39 is 10.0 Å².